The molecule has 1 aromatic rings. The Morgan fingerprint density at radius 2 is 1.58 bits per heavy atom. The number of carboxylic acids is 1. The molecule has 19 heavy (non-hydrogen) atoms. The summed E-state index contributed by atoms with van der Waals surface area (Å²) in [6.07, 6.45) is -3.23. The lowest BCUT2D eigenvalue weighted by Crippen LogP contribution is -2.32. The molecule has 1 rings (SSSR count). The van der Waals surface area contributed by atoms with E-state index in [-0.39, 0.29) is 6.42 Å². The van der Waals surface area contributed by atoms with Crippen molar-refractivity contribution in [2.75, 3.05) is 0 Å². The van der Waals surface area contributed by atoms with E-state index in [0.717, 1.165) is 12.1 Å². The highest BCUT2D eigenvalue weighted by Crippen LogP contribution is 2.33. The summed E-state index contributed by atoms with van der Waals surface area (Å²) in [5.74, 6) is -0.905. The molecule has 1 aromatic carbocycles. The molecule has 0 amide bonds. The van der Waals surface area contributed by atoms with Gasteiger partial charge in [0, 0.05) is 0 Å². The van der Waals surface area contributed by atoms with Crippen molar-refractivity contribution in [3.63, 3.8) is 0 Å². The first-order chi connectivity index (χ1) is 8.75. The molecule has 0 aliphatic heterocycles. The van der Waals surface area contributed by atoms with Gasteiger partial charge >= 0.3 is 12.1 Å². The smallest absolute Gasteiger partial charge is 0.416 e. The molecule has 106 valence electrons. The predicted octanol–water partition coefficient (Wildman–Crippen LogP) is 4.14. The predicted molar refractivity (Wildman–Crippen MR) is 65.8 cm³/mol. The van der Waals surface area contributed by atoms with Crippen LogP contribution in [0.25, 0.3) is 0 Å². The third kappa shape index (κ3) is 3.49. The minimum atomic E-state index is -4.36. The molecule has 0 bridgehead atoms. The van der Waals surface area contributed by atoms with Gasteiger partial charge in [-0.15, -0.1) is 0 Å². The molecular formula is C14H17F3O2. The largest absolute Gasteiger partial charge is 0.481 e. The van der Waals surface area contributed by atoms with Crippen molar-refractivity contribution in [2.24, 2.45) is 5.41 Å². The number of hydrogen-bond acceptors (Lipinski definition) is 1. The fourth-order valence-corrected chi connectivity index (χ4v) is 2.08. The first kappa shape index (κ1) is 15.5. The minimum Gasteiger partial charge on any atom is -0.481 e. The van der Waals surface area contributed by atoms with Gasteiger partial charge in [0.25, 0.3) is 0 Å². The van der Waals surface area contributed by atoms with Gasteiger partial charge in [0.15, 0.2) is 0 Å². The number of carboxylic acid groups (broad SMARTS) is 1. The summed E-state index contributed by atoms with van der Waals surface area (Å²) in [6.45, 7) is 3.56. The number of carbonyl (C=O) groups is 1. The second kappa shape index (κ2) is 5.63. The van der Waals surface area contributed by atoms with Crippen LogP contribution in [0.4, 0.5) is 13.2 Å². The lowest BCUT2D eigenvalue weighted by molar-refractivity contribution is -0.149. The van der Waals surface area contributed by atoms with Crippen LogP contribution >= 0.6 is 0 Å². The summed E-state index contributed by atoms with van der Waals surface area (Å²) in [7, 11) is 0. The Bertz CT molecular complexity index is 431. The van der Waals surface area contributed by atoms with E-state index in [1.807, 2.05) is 0 Å². The third-order valence-corrected chi connectivity index (χ3v) is 3.63. The van der Waals surface area contributed by atoms with E-state index in [1.165, 1.54) is 12.1 Å². The van der Waals surface area contributed by atoms with Crippen LogP contribution in [-0.2, 0) is 17.4 Å². The van der Waals surface area contributed by atoms with Gasteiger partial charge in [0.05, 0.1) is 11.0 Å². The second-order valence-electron chi connectivity index (χ2n) is 4.66. The van der Waals surface area contributed by atoms with Crippen LogP contribution in [0.1, 0.15) is 37.8 Å². The van der Waals surface area contributed by atoms with Gasteiger partial charge in [0.2, 0.25) is 0 Å². The van der Waals surface area contributed by atoms with Crippen LogP contribution < -0.4 is 0 Å². The van der Waals surface area contributed by atoms with Crippen LogP contribution in [0.5, 0.6) is 0 Å². The molecule has 0 radical (unpaired) electrons. The molecule has 0 fully saturated rings. The molecule has 0 aliphatic carbocycles. The van der Waals surface area contributed by atoms with Gasteiger partial charge in [0.1, 0.15) is 0 Å². The maximum absolute atomic E-state index is 12.4. The van der Waals surface area contributed by atoms with E-state index >= 15 is 0 Å². The van der Waals surface area contributed by atoms with E-state index < -0.39 is 23.1 Å². The maximum Gasteiger partial charge on any atom is 0.416 e. The zero-order valence-electron chi connectivity index (χ0n) is 10.9. The molecule has 0 saturated carbocycles. The van der Waals surface area contributed by atoms with E-state index in [9.17, 15) is 23.1 Å². The van der Waals surface area contributed by atoms with Crippen LogP contribution in [0.3, 0.4) is 0 Å². The van der Waals surface area contributed by atoms with Crippen LogP contribution in [0, 0.1) is 5.41 Å². The number of rotatable bonds is 5. The maximum atomic E-state index is 12.4. The van der Waals surface area contributed by atoms with Crippen molar-refractivity contribution in [1.29, 1.82) is 0 Å². The van der Waals surface area contributed by atoms with Crippen molar-refractivity contribution in [3.05, 3.63) is 35.4 Å². The summed E-state index contributed by atoms with van der Waals surface area (Å²) in [6, 6.07) is 4.69. The van der Waals surface area contributed by atoms with E-state index in [1.54, 1.807) is 13.8 Å². The standard InChI is InChI=1S/C14H17F3O2/c1-3-13(4-2,12(18)19)9-10-5-7-11(8-6-10)14(15,16)17/h5-8H,3-4,9H2,1-2H3,(H,18,19). The quantitative estimate of drug-likeness (QED) is 0.876. The number of benzene rings is 1. The van der Waals surface area contributed by atoms with Crippen molar-refractivity contribution >= 4 is 5.97 Å². The van der Waals surface area contributed by atoms with Gasteiger partial charge in [-0.3, -0.25) is 4.79 Å². The fraction of sp³-hybridized carbons (Fsp3) is 0.500. The summed E-state index contributed by atoms with van der Waals surface area (Å²) in [4.78, 5) is 11.3. The zero-order chi connectivity index (χ0) is 14.7. The Morgan fingerprint density at radius 3 is 1.89 bits per heavy atom. The monoisotopic (exact) mass is 274 g/mol. The van der Waals surface area contributed by atoms with Gasteiger partial charge in [-0.05, 0) is 37.0 Å². The highest BCUT2D eigenvalue weighted by atomic mass is 19.4. The SMILES string of the molecule is CCC(CC)(Cc1ccc(C(F)(F)F)cc1)C(=O)O. The summed E-state index contributed by atoms with van der Waals surface area (Å²) < 4.78 is 37.3. The summed E-state index contributed by atoms with van der Waals surface area (Å²) in [5.41, 5.74) is -1.01. The second-order valence-corrected chi connectivity index (χ2v) is 4.66. The lowest BCUT2D eigenvalue weighted by Gasteiger charge is -2.26. The van der Waals surface area contributed by atoms with Crippen LogP contribution in [0.2, 0.25) is 0 Å². The topological polar surface area (TPSA) is 37.3 Å². The lowest BCUT2D eigenvalue weighted by atomic mass is 9.77. The minimum absolute atomic E-state index is 0.244. The van der Waals surface area contributed by atoms with Gasteiger partial charge in [-0.25, -0.2) is 0 Å². The van der Waals surface area contributed by atoms with Crippen LogP contribution in [0.15, 0.2) is 24.3 Å². The number of aliphatic carboxylic acids is 1. The molecule has 0 aliphatic rings. The van der Waals surface area contributed by atoms with Gasteiger partial charge in [-0.1, -0.05) is 26.0 Å². The first-order valence-corrected chi connectivity index (χ1v) is 6.14. The average Bonchev–Trinajstić information content (AvgIpc) is 2.35. The highest BCUT2D eigenvalue weighted by Gasteiger charge is 2.35. The molecule has 0 atom stereocenters. The van der Waals surface area contributed by atoms with E-state index in [2.05, 4.69) is 0 Å². The molecule has 5 heteroatoms. The zero-order valence-corrected chi connectivity index (χ0v) is 10.9. The molecule has 0 saturated heterocycles. The van der Waals surface area contributed by atoms with E-state index in [0.29, 0.717) is 18.4 Å². The number of alkyl halides is 3. The Kier molecular flexibility index (Phi) is 4.61. The molecule has 0 unspecified atom stereocenters. The average molecular weight is 274 g/mol. The highest BCUT2D eigenvalue weighted by molar-refractivity contribution is 5.75. The molecule has 1 N–H and O–H groups in total. The summed E-state index contributed by atoms with van der Waals surface area (Å²) >= 11 is 0. The Hall–Kier alpha value is -1.52. The third-order valence-electron chi connectivity index (χ3n) is 3.63. The normalized spacial score (nSPS) is 12.5. The van der Waals surface area contributed by atoms with Crippen molar-refractivity contribution < 1.29 is 23.1 Å². The Labute approximate surface area is 110 Å². The van der Waals surface area contributed by atoms with Crippen LogP contribution in [-0.4, -0.2) is 11.1 Å². The fourth-order valence-electron chi connectivity index (χ4n) is 2.08. The molecule has 0 aromatic heterocycles. The van der Waals surface area contributed by atoms with Crippen molar-refractivity contribution in [3.8, 4) is 0 Å². The number of halogens is 3. The first-order valence-electron chi connectivity index (χ1n) is 6.14. The molecular weight excluding hydrogens is 257 g/mol. The van der Waals surface area contributed by atoms with Gasteiger partial charge in [-0.2, -0.15) is 13.2 Å². The van der Waals surface area contributed by atoms with E-state index in [4.69, 9.17) is 0 Å². The number of hydrogen-bond donors (Lipinski definition) is 1. The molecule has 0 heterocycles. The van der Waals surface area contributed by atoms with Crippen molar-refractivity contribution in [1.82, 2.24) is 0 Å². The Morgan fingerprint density at radius 1 is 1.11 bits per heavy atom. The molecule has 2 nitrogen and oxygen atoms in total. The summed E-state index contributed by atoms with van der Waals surface area (Å²) in [5, 5.41) is 9.29. The van der Waals surface area contributed by atoms with Crippen molar-refractivity contribution in [2.45, 2.75) is 39.3 Å². The Balaban J connectivity index is 2.96. The van der Waals surface area contributed by atoms with Gasteiger partial charge < -0.3 is 5.11 Å². The molecule has 0 spiro atoms.